The number of piperidine rings is 1. The van der Waals surface area contributed by atoms with Crippen LogP contribution < -0.4 is 11.1 Å². The molecule has 0 bridgehead atoms. The van der Waals surface area contributed by atoms with Crippen molar-refractivity contribution in [1.82, 2.24) is 10.2 Å². The Morgan fingerprint density at radius 3 is 2.48 bits per heavy atom. The Morgan fingerprint density at radius 2 is 1.83 bits per heavy atom. The summed E-state index contributed by atoms with van der Waals surface area (Å²) in [6, 6.07) is 10.1. The molecule has 0 saturated carbocycles. The SMILES string of the molecule is NC(=O)NCCCCC(=O)N1CCC(Cc2ccccc2)CC1. The number of unbranched alkanes of at least 4 members (excludes halogenated alkanes) is 1. The lowest BCUT2D eigenvalue weighted by molar-refractivity contribution is -0.132. The summed E-state index contributed by atoms with van der Waals surface area (Å²) < 4.78 is 0. The van der Waals surface area contributed by atoms with Crippen molar-refractivity contribution >= 4 is 11.9 Å². The number of urea groups is 1. The summed E-state index contributed by atoms with van der Waals surface area (Å²) in [6.07, 6.45) is 5.43. The molecule has 1 heterocycles. The van der Waals surface area contributed by atoms with E-state index in [4.69, 9.17) is 5.73 Å². The molecule has 1 fully saturated rings. The largest absolute Gasteiger partial charge is 0.352 e. The quantitative estimate of drug-likeness (QED) is 0.757. The molecule has 1 aliphatic heterocycles. The zero-order chi connectivity index (χ0) is 16.5. The molecule has 3 N–H and O–H groups in total. The third-order valence-electron chi connectivity index (χ3n) is 4.45. The highest BCUT2D eigenvalue weighted by atomic mass is 16.2. The molecule has 3 amide bonds. The third-order valence-corrected chi connectivity index (χ3v) is 4.45. The molecule has 126 valence electrons. The van der Waals surface area contributed by atoms with Crippen molar-refractivity contribution in [3.05, 3.63) is 35.9 Å². The number of carbonyl (C=O) groups excluding carboxylic acids is 2. The first kappa shape index (κ1) is 17.3. The normalized spacial score (nSPS) is 15.4. The van der Waals surface area contributed by atoms with E-state index in [9.17, 15) is 9.59 Å². The molecule has 1 aliphatic rings. The number of primary amides is 1. The highest BCUT2D eigenvalue weighted by Gasteiger charge is 2.22. The summed E-state index contributed by atoms with van der Waals surface area (Å²) in [5, 5.41) is 2.54. The summed E-state index contributed by atoms with van der Waals surface area (Å²) >= 11 is 0. The van der Waals surface area contributed by atoms with E-state index in [1.54, 1.807) is 0 Å². The molecule has 1 aromatic rings. The number of benzene rings is 1. The lowest BCUT2D eigenvalue weighted by Crippen LogP contribution is -2.38. The first-order chi connectivity index (χ1) is 11.1. The fourth-order valence-electron chi connectivity index (χ4n) is 3.10. The second-order valence-corrected chi connectivity index (χ2v) is 6.26. The minimum absolute atomic E-state index is 0.238. The van der Waals surface area contributed by atoms with Crippen molar-refractivity contribution in [3.8, 4) is 0 Å². The molecule has 1 aromatic carbocycles. The molecular weight excluding hydrogens is 290 g/mol. The van der Waals surface area contributed by atoms with Gasteiger partial charge in [0.2, 0.25) is 5.91 Å². The number of nitrogens with one attached hydrogen (secondary N) is 1. The van der Waals surface area contributed by atoms with Gasteiger partial charge in [0.05, 0.1) is 0 Å². The van der Waals surface area contributed by atoms with E-state index in [1.165, 1.54) is 5.56 Å². The first-order valence-electron chi connectivity index (χ1n) is 8.50. The molecule has 1 saturated heterocycles. The van der Waals surface area contributed by atoms with Gasteiger partial charge in [0.1, 0.15) is 0 Å². The van der Waals surface area contributed by atoms with Crippen LogP contribution in [0.4, 0.5) is 4.79 Å². The van der Waals surface area contributed by atoms with Crippen LogP contribution in [0, 0.1) is 5.92 Å². The number of nitrogens with two attached hydrogens (primary N) is 1. The fraction of sp³-hybridized carbons (Fsp3) is 0.556. The average molecular weight is 317 g/mol. The first-order valence-corrected chi connectivity index (χ1v) is 8.50. The molecule has 0 spiro atoms. The maximum Gasteiger partial charge on any atom is 0.312 e. The Bertz CT molecular complexity index is 496. The van der Waals surface area contributed by atoms with Crippen LogP contribution in [-0.2, 0) is 11.2 Å². The summed E-state index contributed by atoms with van der Waals surface area (Å²) in [4.78, 5) is 24.7. The predicted molar refractivity (Wildman–Crippen MR) is 90.9 cm³/mol. The Hall–Kier alpha value is -2.04. The maximum absolute atomic E-state index is 12.2. The zero-order valence-corrected chi connectivity index (χ0v) is 13.7. The highest BCUT2D eigenvalue weighted by molar-refractivity contribution is 5.76. The molecule has 23 heavy (non-hydrogen) atoms. The number of hydrogen-bond donors (Lipinski definition) is 2. The smallest absolute Gasteiger partial charge is 0.312 e. The van der Waals surface area contributed by atoms with Gasteiger partial charge in [-0.3, -0.25) is 4.79 Å². The molecular formula is C18H27N3O2. The number of rotatable bonds is 7. The van der Waals surface area contributed by atoms with Crippen LogP contribution in [0.15, 0.2) is 30.3 Å². The summed E-state index contributed by atoms with van der Waals surface area (Å²) in [5.41, 5.74) is 6.38. The number of hydrogen-bond acceptors (Lipinski definition) is 2. The van der Waals surface area contributed by atoms with Crippen LogP contribution >= 0.6 is 0 Å². The number of carbonyl (C=O) groups is 2. The van der Waals surface area contributed by atoms with Crippen LogP contribution in [0.2, 0.25) is 0 Å². The van der Waals surface area contributed by atoms with Crippen LogP contribution in [0.3, 0.4) is 0 Å². The minimum atomic E-state index is -0.503. The Balaban J connectivity index is 1.62. The molecule has 0 aromatic heterocycles. The number of amides is 3. The minimum Gasteiger partial charge on any atom is -0.352 e. The Morgan fingerprint density at radius 1 is 1.13 bits per heavy atom. The van der Waals surface area contributed by atoms with Crippen molar-refractivity contribution < 1.29 is 9.59 Å². The third kappa shape index (κ3) is 6.30. The Labute approximate surface area is 138 Å². The average Bonchev–Trinajstić information content (AvgIpc) is 2.56. The van der Waals surface area contributed by atoms with Crippen LogP contribution in [0.1, 0.15) is 37.7 Å². The van der Waals surface area contributed by atoms with E-state index in [2.05, 4.69) is 29.6 Å². The van der Waals surface area contributed by atoms with Gasteiger partial charge in [-0.15, -0.1) is 0 Å². The zero-order valence-electron chi connectivity index (χ0n) is 13.7. The molecule has 2 rings (SSSR count). The lowest BCUT2D eigenvalue weighted by atomic mass is 9.90. The second kappa shape index (κ2) is 9.18. The summed E-state index contributed by atoms with van der Waals surface area (Å²) in [7, 11) is 0. The van der Waals surface area contributed by atoms with Gasteiger partial charge in [0.25, 0.3) is 0 Å². The van der Waals surface area contributed by atoms with Gasteiger partial charge in [-0.05, 0) is 43.6 Å². The van der Waals surface area contributed by atoms with Crippen molar-refractivity contribution in [2.24, 2.45) is 11.7 Å². The maximum atomic E-state index is 12.2. The van der Waals surface area contributed by atoms with Crippen LogP contribution in [0.25, 0.3) is 0 Å². The van der Waals surface area contributed by atoms with Gasteiger partial charge in [-0.2, -0.15) is 0 Å². The molecule has 0 atom stereocenters. The molecule has 0 radical (unpaired) electrons. The molecule has 5 heteroatoms. The highest BCUT2D eigenvalue weighted by Crippen LogP contribution is 2.22. The topological polar surface area (TPSA) is 75.4 Å². The van der Waals surface area contributed by atoms with Crippen LogP contribution in [-0.4, -0.2) is 36.5 Å². The van der Waals surface area contributed by atoms with Crippen molar-refractivity contribution in [2.75, 3.05) is 19.6 Å². The van der Waals surface area contributed by atoms with Gasteiger partial charge in [0, 0.05) is 26.1 Å². The fourth-order valence-corrected chi connectivity index (χ4v) is 3.10. The van der Waals surface area contributed by atoms with E-state index < -0.39 is 6.03 Å². The van der Waals surface area contributed by atoms with E-state index >= 15 is 0 Å². The van der Waals surface area contributed by atoms with Gasteiger partial charge >= 0.3 is 6.03 Å². The Kier molecular flexibility index (Phi) is 6.91. The number of nitrogens with zero attached hydrogens (tertiary/aromatic N) is 1. The van der Waals surface area contributed by atoms with E-state index in [-0.39, 0.29) is 5.91 Å². The molecule has 5 nitrogen and oxygen atoms in total. The van der Waals surface area contributed by atoms with Crippen LogP contribution in [0.5, 0.6) is 0 Å². The predicted octanol–water partition coefficient (Wildman–Crippen LogP) is 2.31. The summed E-state index contributed by atoms with van der Waals surface area (Å²) in [5.74, 6) is 0.920. The van der Waals surface area contributed by atoms with E-state index in [0.29, 0.717) is 18.9 Å². The molecule has 0 unspecified atom stereocenters. The lowest BCUT2D eigenvalue weighted by Gasteiger charge is -2.32. The summed E-state index contributed by atoms with van der Waals surface area (Å²) in [6.45, 7) is 2.29. The molecule has 0 aliphatic carbocycles. The van der Waals surface area contributed by atoms with E-state index in [0.717, 1.165) is 45.2 Å². The standard InChI is InChI=1S/C18H27N3O2/c19-18(23)20-11-5-4-8-17(22)21-12-9-16(10-13-21)14-15-6-2-1-3-7-15/h1-3,6-7,16H,4-5,8-14H2,(H3,19,20,23). The van der Waals surface area contributed by atoms with E-state index in [1.807, 2.05) is 11.0 Å². The number of likely N-dealkylation sites (tertiary alicyclic amines) is 1. The monoisotopic (exact) mass is 317 g/mol. The van der Waals surface area contributed by atoms with Crippen molar-refractivity contribution in [3.63, 3.8) is 0 Å². The second-order valence-electron chi connectivity index (χ2n) is 6.26. The van der Waals surface area contributed by atoms with Gasteiger partial charge in [0.15, 0.2) is 0 Å². The van der Waals surface area contributed by atoms with Crippen molar-refractivity contribution in [1.29, 1.82) is 0 Å². The van der Waals surface area contributed by atoms with Crippen molar-refractivity contribution in [2.45, 2.75) is 38.5 Å². The van der Waals surface area contributed by atoms with Gasteiger partial charge in [-0.1, -0.05) is 30.3 Å². The van der Waals surface area contributed by atoms with Gasteiger partial charge in [-0.25, -0.2) is 4.79 Å². The van der Waals surface area contributed by atoms with Gasteiger partial charge < -0.3 is 16.0 Å².